The van der Waals surface area contributed by atoms with Crippen molar-refractivity contribution in [3.63, 3.8) is 0 Å². The zero-order chi connectivity index (χ0) is 20.7. The summed E-state index contributed by atoms with van der Waals surface area (Å²) in [5, 5.41) is 8.50. The second kappa shape index (κ2) is 9.48. The fourth-order valence-corrected chi connectivity index (χ4v) is 2.22. The smallest absolute Gasteiger partial charge is 0.416 e. The van der Waals surface area contributed by atoms with Gasteiger partial charge in [0.05, 0.1) is 25.8 Å². The van der Waals surface area contributed by atoms with Gasteiger partial charge in [-0.1, -0.05) is 6.07 Å². The van der Waals surface area contributed by atoms with Gasteiger partial charge in [0.25, 0.3) is 0 Å². The van der Waals surface area contributed by atoms with Gasteiger partial charge in [0, 0.05) is 12.1 Å². The lowest BCUT2D eigenvalue weighted by Crippen LogP contribution is -2.48. The largest absolute Gasteiger partial charge is 0.497 e. The highest BCUT2D eigenvalue weighted by molar-refractivity contribution is 5.86. The molecule has 0 fully saturated rings. The van der Waals surface area contributed by atoms with Gasteiger partial charge in [0.1, 0.15) is 5.75 Å². The first-order valence-electron chi connectivity index (χ1n) is 8.53. The topological polar surface area (TPSA) is 74.8 Å². The van der Waals surface area contributed by atoms with Crippen LogP contribution in [0.2, 0.25) is 0 Å². The third-order valence-electron chi connectivity index (χ3n) is 3.30. The average molecular weight is 388 g/mol. The van der Waals surface area contributed by atoms with Crippen LogP contribution in [0.5, 0.6) is 5.75 Å². The van der Waals surface area contributed by atoms with Gasteiger partial charge in [-0.05, 0) is 45.4 Å². The minimum atomic E-state index is -4.52. The van der Waals surface area contributed by atoms with Crippen LogP contribution in [0.1, 0.15) is 38.8 Å². The number of aliphatic imine (C=N–C) groups is 1. The first-order valence-corrected chi connectivity index (χ1v) is 8.53. The van der Waals surface area contributed by atoms with E-state index in [0.717, 1.165) is 6.07 Å². The Morgan fingerprint density at radius 3 is 2.37 bits per heavy atom. The van der Waals surface area contributed by atoms with E-state index in [1.165, 1.54) is 19.2 Å². The van der Waals surface area contributed by atoms with Gasteiger partial charge in [-0.25, -0.2) is 4.99 Å². The zero-order valence-electron chi connectivity index (χ0n) is 16.3. The number of nitrogens with one attached hydrogen (secondary N) is 3. The van der Waals surface area contributed by atoms with E-state index >= 15 is 0 Å². The van der Waals surface area contributed by atoms with E-state index in [-0.39, 0.29) is 41.8 Å². The van der Waals surface area contributed by atoms with Crippen LogP contribution in [-0.4, -0.2) is 37.6 Å². The Morgan fingerprint density at radius 2 is 1.85 bits per heavy atom. The normalized spacial score (nSPS) is 12.5. The number of hydrogen-bond donors (Lipinski definition) is 3. The molecule has 152 valence electrons. The van der Waals surface area contributed by atoms with Crippen molar-refractivity contribution in [3.05, 3.63) is 29.3 Å². The lowest BCUT2D eigenvalue weighted by atomic mass is 10.1. The predicted octanol–water partition coefficient (Wildman–Crippen LogP) is 2.68. The lowest BCUT2D eigenvalue weighted by molar-refractivity contribution is -0.138. The van der Waals surface area contributed by atoms with Crippen LogP contribution in [0.15, 0.2) is 23.2 Å². The molecule has 1 aromatic rings. The summed E-state index contributed by atoms with van der Waals surface area (Å²) in [6.07, 6.45) is -4.52. The lowest BCUT2D eigenvalue weighted by Gasteiger charge is -2.21. The van der Waals surface area contributed by atoms with Gasteiger partial charge in [-0.2, -0.15) is 13.2 Å². The number of carbonyl (C=O) groups excluding carboxylic acids is 1. The molecule has 3 N–H and O–H groups in total. The number of carbonyl (C=O) groups is 1. The molecule has 0 aliphatic heterocycles. The third-order valence-corrected chi connectivity index (χ3v) is 3.30. The molecule has 0 unspecified atom stereocenters. The molecule has 0 saturated carbocycles. The van der Waals surface area contributed by atoms with Gasteiger partial charge in [0.15, 0.2) is 5.96 Å². The first kappa shape index (κ1) is 22.6. The Balaban J connectivity index is 2.90. The molecule has 0 aromatic heterocycles. The van der Waals surface area contributed by atoms with Crippen molar-refractivity contribution in [3.8, 4) is 5.75 Å². The number of rotatable bonds is 6. The molecule has 1 amide bonds. The van der Waals surface area contributed by atoms with Crippen LogP contribution < -0.4 is 20.7 Å². The molecule has 0 aliphatic carbocycles. The quantitative estimate of drug-likeness (QED) is 0.517. The minimum Gasteiger partial charge on any atom is -0.497 e. The Morgan fingerprint density at radius 1 is 1.19 bits per heavy atom. The summed E-state index contributed by atoms with van der Waals surface area (Å²) in [5.41, 5.74) is -1.16. The summed E-state index contributed by atoms with van der Waals surface area (Å²) < 4.78 is 44.7. The Bertz CT molecular complexity index is 668. The number of hydrogen-bond acceptors (Lipinski definition) is 3. The van der Waals surface area contributed by atoms with Crippen molar-refractivity contribution in [1.82, 2.24) is 16.0 Å². The highest BCUT2D eigenvalue weighted by Crippen LogP contribution is 2.34. The van der Waals surface area contributed by atoms with E-state index in [4.69, 9.17) is 4.74 Å². The van der Waals surface area contributed by atoms with Crippen molar-refractivity contribution in [2.75, 3.05) is 20.2 Å². The summed E-state index contributed by atoms with van der Waals surface area (Å²) in [4.78, 5) is 16.0. The van der Waals surface area contributed by atoms with E-state index in [0.29, 0.717) is 6.54 Å². The summed E-state index contributed by atoms with van der Waals surface area (Å²) in [5.74, 6) is 0.137. The molecular weight excluding hydrogens is 361 g/mol. The number of guanidine groups is 1. The molecule has 1 rings (SSSR count). The van der Waals surface area contributed by atoms with E-state index < -0.39 is 11.7 Å². The van der Waals surface area contributed by atoms with Crippen molar-refractivity contribution >= 4 is 11.9 Å². The standard InChI is InChI=1S/C18H27F3N4O2/c1-6-22-16(24-11-15(26)25-17(2,3)4)23-10-12-7-8-13(27-5)9-14(12)18(19,20)21/h7-9H,6,10-11H2,1-5H3,(H,25,26)(H2,22,23,24). The van der Waals surface area contributed by atoms with E-state index in [9.17, 15) is 18.0 Å². The van der Waals surface area contributed by atoms with Crippen molar-refractivity contribution < 1.29 is 22.7 Å². The molecule has 6 nitrogen and oxygen atoms in total. The Labute approximate surface area is 157 Å². The maximum atomic E-state index is 13.3. The number of alkyl halides is 3. The van der Waals surface area contributed by atoms with E-state index in [1.807, 2.05) is 27.7 Å². The molecule has 9 heteroatoms. The molecule has 0 saturated heterocycles. The molecular formula is C18H27F3N4O2. The highest BCUT2D eigenvalue weighted by Gasteiger charge is 2.33. The number of amides is 1. The fraction of sp³-hybridized carbons (Fsp3) is 0.556. The van der Waals surface area contributed by atoms with Crippen LogP contribution in [0.3, 0.4) is 0 Å². The van der Waals surface area contributed by atoms with Crippen molar-refractivity contribution in [1.29, 1.82) is 0 Å². The van der Waals surface area contributed by atoms with Crippen LogP contribution in [0, 0.1) is 0 Å². The van der Waals surface area contributed by atoms with Crippen molar-refractivity contribution in [2.45, 2.75) is 46.0 Å². The third kappa shape index (κ3) is 8.19. The summed E-state index contributed by atoms with van der Waals surface area (Å²) >= 11 is 0. The number of ether oxygens (including phenoxy) is 1. The van der Waals surface area contributed by atoms with Crippen LogP contribution >= 0.6 is 0 Å². The highest BCUT2D eigenvalue weighted by atomic mass is 19.4. The monoisotopic (exact) mass is 388 g/mol. The number of benzene rings is 1. The zero-order valence-corrected chi connectivity index (χ0v) is 16.3. The second-order valence-corrected chi connectivity index (χ2v) is 6.87. The Hall–Kier alpha value is -2.45. The summed E-state index contributed by atoms with van der Waals surface area (Å²) in [6.45, 7) is 7.64. The molecule has 1 aromatic carbocycles. The SMILES string of the molecule is CCNC(=NCc1ccc(OC)cc1C(F)(F)F)NCC(=O)NC(C)(C)C. The molecule has 0 atom stereocenters. The molecule has 27 heavy (non-hydrogen) atoms. The van der Waals surface area contributed by atoms with Crippen molar-refractivity contribution in [2.24, 2.45) is 4.99 Å². The van der Waals surface area contributed by atoms with Gasteiger partial charge in [-0.3, -0.25) is 4.79 Å². The number of halogens is 3. The van der Waals surface area contributed by atoms with E-state index in [1.54, 1.807) is 0 Å². The van der Waals surface area contributed by atoms with Gasteiger partial charge < -0.3 is 20.7 Å². The van der Waals surface area contributed by atoms with Gasteiger partial charge >= 0.3 is 6.18 Å². The maximum absolute atomic E-state index is 13.3. The van der Waals surface area contributed by atoms with Crippen LogP contribution in [0.4, 0.5) is 13.2 Å². The summed E-state index contributed by atoms with van der Waals surface area (Å²) in [6, 6.07) is 3.74. The van der Waals surface area contributed by atoms with Crippen LogP contribution in [0.25, 0.3) is 0 Å². The van der Waals surface area contributed by atoms with E-state index in [2.05, 4.69) is 20.9 Å². The molecule has 0 aliphatic rings. The fourth-order valence-electron chi connectivity index (χ4n) is 2.22. The number of methoxy groups -OCH3 is 1. The minimum absolute atomic E-state index is 0.0136. The molecule has 0 heterocycles. The first-order chi connectivity index (χ1) is 12.5. The predicted molar refractivity (Wildman–Crippen MR) is 98.7 cm³/mol. The second-order valence-electron chi connectivity index (χ2n) is 6.87. The molecule has 0 spiro atoms. The Kier molecular flexibility index (Phi) is 7.93. The molecule has 0 radical (unpaired) electrons. The average Bonchev–Trinajstić information content (AvgIpc) is 2.54. The summed E-state index contributed by atoms with van der Waals surface area (Å²) in [7, 11) is 1.31. The molecule has 0 bridgehead atoms. The van der Waals surface area contributed by atoms with Crippen LogP contribution in [-0.2, 0) is 17.5 Å². The van der Waals surface area contributed by atoms with Gasteiger partial charge in [-0.15, -0.1) is 0 Å². The maximum Gasteiger partial charge on any atom is 0.416 e. The number of nitrogens with zero attached hydrogens (tertiary/aromatic N) is 1. The van der Waals surface area contributed by atoms with Gasteiger partial charge in [0.2, 0.25) is 5.91 Å².